The zero-order valence-electron chi connectivity index (χ0n) is 52.2. The number of amides is 4. The lowest BCUT2D eigenvalue weighted by molar-refractivity contribution is -0.383. The molecule has 26 nitrogen and oxygen atoms in total. The third-order valence-corrected chi connectivity index (χ3v) is 14.5. The van der Waals surface area contributed by atoms with E-state index in [0.29, 0.717) is 77.3 Å². The maximum atomic E-state index is 14.8. The predicted molar refractivity (Wildman–Crippen MR) is 357 cm³/mol. The van der Waals surface area contributed by atoms with E-state index < -0.39 is 34.5 Å². The van der Waals surface area contributed by atoms with E-state index in [2.05, 4.69) is 31.2 Å². The van der Waals surface area contributed by atoms with Gasteiger partial charge in [-0.25, -0.2) is 29.7 Å². The van der Waals surface area contributed by atoms with E-state index in [1.54, 1.807) is 78.9 Å². The quantitative estimate of drug-likeness (QED) is 0.0104. The van der Waals surface area contributed by atoms with Crippen LogP contribution < -0.4 is 62.2 Å². The van der Waals surface area contributed by atoms with Crippen molar-refractivity contribution in [2.75, 3.05) is 81.0 Å². The summed E-state index contributed by atoms with van der Waals surface area (Å²) in [6, 6.07) is 31.8. The molecular weight excluding hydrogens is 1210 g/mol. The van der Waals surface area contributed by atoms with Gasteiger partial charge >= 0.3 is 5.97 Å². The molecular formula is C68H69N13O13. The maximum absolute atomic E-state index is 14.8. The van der Waals surface area contributed by atoms with Crippen molar-refractivity contribution in [3.63, 3.8) is 0 Å². The summed E-state index contributed by atoms with van der Waals surface area (Å²) in [5.41, 5.74) is 17.8. The number of hydrogen-bond donors (Lipinski definition) is 7. The summed E-state index contributed by atoms with van der Waals surface area (Å²) in [5.74, 6) is -2.15. The lowest BCUT2D eigenvalue weighted by Crippen LogP contribution is -2.18. The molecule has 0 aliphatic carbocycles. The fourth-order valence-electron chi connectivity index (χ4n) is 9.95. The molecule has 10 aromatic rings. The molecule has 0 aliphatic heterocycles. The lowest BCUT2D eigenvalue weighted by Gasteiger charge is -2.17. The van der Waals surface area contributed by atoms with Crippen LogP contribution in [0.25, 0.3) is 54.5 Å². The molecule has 5 heterocycles. The number of aromatic nitrogens is 5. The molecule has 0 radical (unpaired) electrons. The van der Waals surface area contributed by atoms with E-state index in [1.165, 1.54) is 49.6 Å². The van der Waals surface area contributed by atoms with Crippen LogP contribution in [0.15, 0.2) is 121 Å². The molecule has 0 fully saturated rings. The van der Waals surface area contributed by atoms with E-state index in [9.17, 15) is 34.1 Å². The van der Waals surface area contributed by atoms with Crippen molar-refractivity contribution in [1.82, 2.24) is 24.9 Å². The van der Waals surface area contributed by atoms with Crippen LogP contribution in [0.1, 0.15) is 99.4 Å². The Morgan fingerprint density at radius 3 is 1.00 bits per heavy atom. The van der Waals surface area contributed by atoms with Crippen LogP contribution in [0.4, 0.5) is 28.4 Å². The number of non-ortho nitro benzene ring substituents is 1. The number of esters is 1. The number of nitro groups is 1. The van der Waals surface area contributed by atoms with Crippen LogP contribution in [-0.2, 0) is 4.74 Å². The van der Waals surface area contributed by atoms with Gasteiger partial charge in [0.2, 0.25) is 0 Å². The van der Waals surface area contributed by atoms with E-state index in [4.69, 9.17) is 60.6 Å². The molecule has 484 valence electrons. The number of pyridine rings is 5. The summed E-state index contributed by atoms with van der Waals surface area (Å²) in [5, 5.41) is 26.0. The van der Waals surface area contributed by atoms with Gasteiger partial charge in [-0.2, -0.15) is 0 Å². The van der Waals surface area contributed by atoms with Gasteiger partial charge in [0.05, 0.1) is 89.9 Å². The minimum absolute atomic E-state index is 0.0534. The van der Waals surface area contributed by atoms with Crippen molar-refractivity contribution in [2.45, 2.75) is 47.0 Å². The monoisotopic (exact) mass is 1280 g/mol. The third-order valence-electron chi connectivity index (χ3n) is 14.5. The minimum Gasteiger partial charge on any atom is -0.493 e. The number of carbonyl (C=O) groups excluding carboxylic acids is 5. The smallest absolute Gasteiger partial charge is 0.356 e. The van der Waals surface area contributed by atoms with Crippen LogP contribution in [-0.4, -0.2) is 119 Å². The topological polar surface area (TPSA) is 374 Å². The minimum atomic E-state index is -0.762. The normalized spacial score (nSPS) is 11.3. The molecule has 0 saturated heterocycles. The summed E-state index contributed by atoms with van der Waals surface area (Å²) >= 11 is 0. The van der Waals surface area contributed by atoms with Gasteiger partial charge in [-0.15, -0.1) is 0 Å². The largest absolute Gasteiger partial charge is 0.493 e. The number of para-hydroxylation sites is 5. The maximum Gasteiger partial charge on any atom is 0.356 e. The molecule has 10 rings (SSSR count). The third kappa shape index (κ3) is 14.9. The van der Waals surface area contributed by atoms with Crippen molar-refractivity contribution in [1.29, 1.82) is 0 Å². The molecule has 0 bridgehead atoms. The Bertz CT molecular complexity index is 4570. The number of benzene rings is 5. The number of nitrogens with one attached hydrogen (secondary N) is 4. The van der Waals surface area contributed by atoms with Crippen molar-refractivity contribution >= 4 is 113 Å². The Hall–Kier alpha value is -11.2. The molecule has 0 atom stereocenters. The highest BCUT2D eigenvalue weighted by molar-refractivity contribution is 6.15. The Kier molecular flexibility index (Phi) is 20.8. The predicted octanol–water partition coefficient (Wildman–Crippen LogP) is 10.4. The second-order valence-electron chi connectivity index (χ2n) is 22.5. The van der Waals surface area contributed by atoms with Gasteiger partial charge in [0.15, 0.2) is 11.2 Å². The van der Waals surface area contributed by atoms with Gasteiger partial charge < -0.3 is 66.9 Å². The Labute approximate surface area is 538 Å². The lowest BCUT2D eigenvalue weighted by atomic mass is 10.1. The number of carbonyl (C=O) groups is 5. The number of nitrogens with two attached hydrogens (primary N) is 3. The number of nitrogens with zero attached hydrogens (tertiary/aromatic N) is 6. The van der Waals surface area contributed by atoms with Crippen LogP contribution in [0.5, 0.6) is 28.7 Å². The average molecular weight is 1280 g/mol. The first-order valence-corrected chi connectivity index (χ1v) is 30.4. The van der Waals surface area contributed by atoms with Crippen molar-refractivity contribution in [2.24, 2.45) is 29.0 Å². The van der Waals surface area contributed by atoms with Gasteiger partial charge in [0.1, 0.15) is 51.5 Å². The van der Waals surface area contributed by atoms with Gasteiger partial charge in [0.25, 0.3) is 29.3 Å². The van der Waals surface area contributed by atoms with E-state index in [-0.39, 0.29) is 147 Å². The Morgan fingerprint density at radius 2 is 0.702 bits per heavy atom. The standard InChI is InChI=1S/C68H69N13O13/c1-37(2)35-93-57-32-49(73-61-42(57)17-9-21-46(61)79-67(85)51-31-55(91-28-12-25-70)43-18-10-23-53(81(87)88)63(43)75-51)65(83)77-44-19-6-14-39-54(90-27-11-24-69)30-48(72-59(39)44)64(82)78-45-20-8-16-41-58(94-36-38(3)4)33-50(74-60(41)45)66(84)80-47-22-7-15-40-56(92-29-13-26-71)34-52(68(86)89-5)76-62(40)47/h6-10,14-23,30-34,37-38H,11-13,24-29,35-36,69-71H2,1-5H3,(H,77,83)(H,78,82)(H,79,85)(H,80,84). The number of ether oxygens (including phenoxy) is 6. The van der Waals surface area contributed by atoms with Gasteiger partial charge in [-0.3, -0.25) is 29.3 Å². The molecule has 5 aromatic carbocycles. The summed E-state index contributed by atoms with van der Waals surface area (Å²) in [7, 11) is 1.23. The first-order chi connectivity index (χ1) is 45.5. The number of hydrogen-bond acceptors (Lipinski definition) is 21. The molecule has 0 unspecified atom stereocenters. The van der Waals surface area contributed by atoms with Crippen molar-refractivity contribution in [3.8, 4) is 28.7 Å². The second kappa shape index (κ2) is 29.8. The molecule has 0 aliphatic rings. The summed E-state index contributed by atoms with van der Waals surface area (Å²) in [6.45, 7) is 9.95. The van der Waals surface area contributed by atoms with E-state index >= 15 is 0 Å². The fourth-order valence-corrected chi connectivity index (χ4v) is 9.95. The van der Waals surface area contributed by atoms with Gasteiger partial charge in [0, 0.05) is 63.3 Å². The molecule has 26 heteroatoms. The fraction of sp³-hybridized carbons (Fsp3) is 0.265. The van der Waals surface area contributed by atoms with E-state index in [0.717, 1.165) is 0 Å². The molecule has 4 amide bonds. The zero-order valence-corrected chi connectivity index (χ0v) is 52.2. The summed E-state index contributed by atoms with van der Waals surface area (Å²) in [4.78, 5) is 106. The summed E-state index contributed by atoms with van der Waals surface area (Å²) in [6.07, 6.45) is 1.47. The highest BCUT2D eigenvalue weighted by atomic mass is 16.6. The van der Waals surface area contributed by atoms with Gasteiger partial charge in [-0.05, 0) is 105 Å². The van der Waals surface area contributed by atoms with Gasteiger partial charge in [-0.1, -0.05) is 58.0 Å². The highest BCUT2D eigenvalue weighted by Gasteiger charge is 2.26. The highest BCUT2D eigenvalue weighted by Crippen LogP contribution is 2.38. The summed E-state index contributed by atoms with van der Waals surface area (Å²) < 4.78 is 35.9. The van der Waals surface area contributed by atoms with Crippen molar-refractivity contribution in [3.05, 3.63) is 160 Å². The zero-order chi connectivity index (χ0) is 66.6. The SMILES string of the molecule is COC(=O)c1cc(OCCCN)c2cccc(NC(=O)c3cc(OCC(C)C)c4cccc(NC(=O)c5cc(OCCCN)c6cccc(NC(=O)c7cc(OCC(C)C)c8cccc(NC(=O)c9cc(OCCCN)c%10cccc([N+](=O)[O-])c%10n9)c8n7)c6n5)c4n3)c2n1. The van der Waals surface area contributed by atoms with Crippen LogP contribution in [0, 0.1) is 22.0 Å². The average Bonchev–Trinajstić information content (AvgIpc) is 0.808. The number of methoxy groups -OCH3 is 1. The Morgan fingerprint density at radius 1 is 0.426 bits per heavy atom. The molecule has 10 N–H and O–H groups in total. The number of rotatable bonds is 28. The number of nitro benzene ring substituents is 1. The van der Waals surface area contributed by atoms with Crippen molar-refractivity contribution < 1.29 is 57.3 Å². The number of fused-ring (bicyclic) bond motifs is 5. The van der Waals surface area contributed by atoms with Crippen LogP contribution in [0.2, 0.25) is 0 Å². The molecule has 0 saturated carbocycles. The first-order valence-electron chi connectivity index (χ1n) is 30.4. The molecule has 5 aromatic heterocycles. The van der Waals surface area contributed by atoms with Crippen LogP contribution in [0.3, 0.4) is 0 Å². The second-order valence-corrected chi connectivity index (χ2v) is 22.5. The Balaban J connectivity index is 0.993. The molecule has 0 spiro atoms. The molecule has 94 heavy (non-hydrogen) atoms. The first kappa shape index (κ1) is 65.7. The van der Waals surface area contributed by atoms with Crippen LogP contribution >= 0.6 is 0 Å². The van der Waals surface area contributed by atoms with E-state index in [1.807, 2.05) is 27.7 Å². The number of anilines is 4.